The Labute approximate surface area is 133 Å². The van der Waals surface area contributed by atoms with Crippen molar-refractivity contribution in [2.75, 3.05) is 31.1 Å². The van der Waals surface area contributed by atoms with Crippen LogP contribution in [0.1, 0.15) is 10.7 Å². The third-order valence-corrected chi connectivity index (χ3v) is 5.04. The van der Waals surface area contributed by atoms with E-state index in [9.17, 15) is 0 Å². The second-order valence-electron chi connectivity index (χ2n) is 5.72. The van der Waals surface area contributed by atoms with Gasteiger partial charge in [0, 0.05) is 37.3 Å². The van der Waals surface area contributed by atoms with E-state index < -0.39 is 0 Å². The molecule has 0 unspecified atom stereocenters. The minimum atomic E-state index is 0.888. The van der Waals surface area contributed by atoms with E-state index in [2.05, 4.69) is 43.8 Å². The van der Waals surface area contributed by atoms with Crippen molar-refractivity contribution in [3.63, 3.8) is 0 Å². The summed E-state index contributed by atoms with van der Waals surface area (Å²) >= 11 is 1.78. The lowest BCUT2D eigenvalue weighted by Crippen LogP contribution is -2.46. The number of anilines is 1. The van der Waals surface area contributed by atoms with Crippen LogP contribution in [-0.2, 0) is 6.54 Å². The Hall–Kier alpha value is -1.92. The molecule has 22 heavy (non-hydrogen) atoms. The lowest BCUT2D eigenvalue weighted by Gasteiger charge is -2.34. The first kappa shape index (κ1) is 13.7. The molecule has 0 saturated carbocycles. The van der Waals surface area contributed by atoms with Crippen LogP contribution in [0.4, 0.5) is 5.13 Å². The molecular weight excluding hydrogens is 294 g/mol. The molecule has 0 aliphatic carbocycles. The molecular formula is C16H19N5S. The zero-order valence-electron chi connectivity index (χ0n) is 12.6. The summed E-state index contributed by atoms with van der Waals surface area (Å²) in [5, 5.41) is 1.15. The Bertz CT molecular complexity index is 737. The molecule has 0 amide bonds. The highest BCUT2D eigenvalue weighted by molar-refractivity contribution is 7.15. The lowest BCUT2D eigenvalue weighted by atomic mass is 10.3. The van der Waals surface area contributed by atoms with Crippen LogP contribution in [0.2, 0.25) is 0 Å². The number of thiazole rings is 1. The van der Waals surface area contributed by atoms with Crippen molar-refractivity contribution < 1.29 is 0 Å². The van der Waals surface area contributed by atoms with Crippen molar-refractivity contribution in [2.24, 2.45) is 0 Å². The maximum absolute atomic E-state index is 4.67. The van der Waals surface area contributed by atoms with Gasteiger partial charge in [0.1, 0.15) is 5.82 Å². The number of aromatic nitrogens is 3. The van der Waals surface area contributed by atoms with Gasteiger partial charge in [0.2, 0.25) is 0 Å². The van der Waals surface area contributed by atoms with Gasteiger partial charge in [-0.3, -0.25) is 4.90 Å². The molecule has 1 aliphatic heterocycles. The molecule has 4 rings (SSSR count). The molecule has 0 spiro atoms. The van der Waals surface area contributed by atoms with Crippen LogP contribution in [0.3, 0.4) is 0 Å². The largest absolute Gasteiger partial charge is 0.346 e. The SMILES string of the molecule is Cc1cnc(N2CCN(Cc3nc4ccccc4[nH]3)CC2)s1. The first-order valence-corrected chi connectivity index (χ1v) is 8.43. The Morgan fingerprint density at radius 3 is 2.73 bits per heavy atom. The highest BCUT2D eigenvalue weighted by Crippen LogP contribution is 2.23. The molecule has 6 heteroatoms. The van der Waals surface area contributed by atoms with Gasteiger partial charge in [-0.1, -0.05) is 12.1 Å². The van der Waals surface area contributed by atoms with Gasteiger partial charge in [0.05, 0.1) is 17.6 Å². The predicted octanol–water partition coefficient (Wildman–Crippen LogP) is 2.65. The monoisotopic (exact) mass is 313 g/mol. The molecule has 0 radical (unpaired) electrons. The van der Waals surface area contributed by atoms with Crippen LogP contribution in [0.25, 0.3) is 11.0 Å². The van der Waals surface area contributed by atoms with E-state index in [-0.39, 0.29) is 0 Å². The Morgan fingerprint density at radius 2 is 2.00 bits per heavy atom. The summed E-state index contributed by atoms with van der Waals surface area (Å²) in [6.45, 7) is 7.17. The number of para-hydroxylation sites is 2. The van der Waals surface area contributed by atoms with Gasteiger partial charge in [-0.15, -0.1) is 11.3 Å². The molecule has 2 aromatic heterocycles. The van der Waals surface area contributed by atoms with Crippen molar-refractivity contribution in [1.82, 2.24) is 19.9 Å². The number of nitrogens with zero attached hydrogens (tertiary/aromatic N) is 4. The Morgan fingerprint density at radius 1 is 1.18 bits per heavy atom. The number of H-pyrrole nitrogens is 1. The predicted molar refractivity (Wildman–Crippen MR) is 90.4 cm³/mol. The topological polar surface area (TPSA) is 48.1 Å². The minimum absolute atomic E-state index is 0.888. The zero-order chi connectivity index (χ0) is 14.9. The van der Waals surface area contributed by atoms with Gasteiger partial charge < -0.3 is 9.88 Å². The highest BCUT2D eigenvalue weighted by atomic mass is 32.1. The summed E-state index contributed by atoms with van der Waals surface area (Å²) in [4.78, 5) is 18.7. The van der Waals surface area contributed by atoms with E-state index in [1.165, 1.54) is 4.88 Å². The van der Waals surface area contributed by atoms with Gasteiger partial charge >= 0.3 is 0 Å². The molecule has 1 saturated heterocycles. The molecule has 1 aromatic carbocycles. The zero-order valence-corrected chi connectivity index (χ0v) is 13.4. The standard InChI is InChI=1S/C16H19N5S/c1-12-10-17-16(22-12)21-8-6-20(7-9-21)11-15-18-13-4-2-3-5-14(13)19-15/h2-5,10H,6-9,11H2,1H3,(H,18,19). The average Bonchev–Trinajstić information content (AvgIpc) is 3.13. The number of piperazine rings is 1. The molecule has 1 N–H and O–H groups in total. The van der Waals surface area contributed by atoms with Crippen LogP contribution in [0, 0.1) is 6.92 Å². The summed E-state index contributed by atoms with van der Waals surface area (Å²) in [5.74, 6) is 1.06. The van der Waals surface area contributed by atoms with E-state index >= 15 is 0 Å². The number of aromatic amines is 1. The maximum Gasteiger partial charge on any atom is 0.185 e. The van der Waals surface area contributed by atoms with E-state index in [1.54, 1.807) is 11.3 Å². The van der Waals surface area contributed by atoms with E-state index in [0.717, 1.165) is 54.7 Å². The van der Waals surface area contributed by atoms with Gasteiger partial charge in [0.25, 0.3) is 0 Å². The normalized spacial score (nSPS) is 16.5. The van der Waals surface area contributed by atoms with Crippen LogP contribution in [0.5, 0.6) is 0 Å². The summed E-state index contributed by atoms with van der Waals surface area (Å²) < 4.78 is 0. The van der Waals surface area contributed by atoms with Gasteiger partial charge in [-0.05, 0) is 19.1 Å². The molecule has 3 aromatic rings. The fraction of sp³-hybridized carbons (Fsp3) is 0.375. The van der Waals surface area contributed by atoms with E-state index in [4.69, 9.17) is 0 Å². The Balaban J connectivity index is 1.39. The first-order chi connectivity index (χ1) is 10.8. The fourth-order valence-corrected chi connectivity index (χ4v) is 3.69. The lowest BCUT2D eigenvalue weighted by molar-refractivity contribution is 0.245. The summed E-state index contributed by atoms with van der Waals surface area (Å²) in [6.07, 6.45) is 1.96. The second kappa shape index (κ2) is 5.70. The third-order valence-electron chi connectivity index (χ3n) is 4.06. The molecule has 0 atom stereocenters. The number of rotatable bonds is 3. The number of fused-ring (bicyclic) bond motifs is 1. The maximum atomic E-state index is 4.67. The van der Waals surface area contributed by atoms with Gasteiger partial charge in [-0.25, -0.2) is 9.97 Å². The molecule has 3 heterocycles. The number of imidazole rings is 1. The van der Waals surface area contributed by atoms with Crippen LogP contribution >= 0.6 is 11.3 Å². The third kappa shape index (κ3) is 2.71. The average molecular weight is 313 g/mol. The molecule has 1 fully saturated rings. The van der Waals surface area contributed by atoms with Crippen LogP contribution < -0.4 is 4.90 Å². The smallest absolute Gasteiger partial charge is 0.185 e. The van der Waals surface area contributed by atoms with Crippen molar-refractivity contribution in [1.29, 1.82) is 0 Å². The first-order valence-electron chi connectivity index (χ1n) is 7.61. The quantitative estimate of drug-likeness (QED) is 0.807. The van der Waals surface area contributed by atoms with Crippen LogP contribution in [-0.4, -0.2) is 46.0 Å². The van der Waals surface area contributed by atoms with Gasteiger partial charge in [-0.2, -0.15) is 0 Å². The van der Waals surface area contributed by atoms with Crippen molar-refractivity contribution in [3.05, 3.63) is 41.2 Å². The van der Waals surface area contributed by atoms with Gasteiger partial charge in [0.15, 0.2) is 5.13 Å². The Kier molecular flexibility index (Phi) is 3.56. The van der Waals surface area contributed by atoms with Crippen molar-refractivity contribution in [3.8, 4) is 0 Å². The number of benzene rings is 1. The number of hydrogen-bond donors (Lipinski definition) is 1. The number of nitrogens with one attached hydrogen (secondary N) is 1. The van der Waals surface area contributed by atoms with Crippen molar-refractivity contribution >= 4 is 27.5 Å². The number of hydrogen-bond acceptors (Lipinski definition) is 5. The summed E-state index contributed by atoms with van der Waals surface area (Å²) in [5.41, 5.74) is 2.17. The molecule has 0 bridgehead atoms. The number of aryl methyl sites for hydroxylation is 1. The van der Waals surface area contributed by atoms with E-state index in [1.807, 2.05) is 18.3 Å². The summed E-state index contributed by atoms with van der Waals surface area (Å²) in [6, 6.07) is 8.20. The fourth-order valence-electron chi connectivity index (χ4n) is 2.88. The minimum Gasteiger partial charge on any atom is -0.346 e. The molecule has 1 aliphatic rings. The van der Waals surface area contributed by atoms with E-state index in [0.29, 0.717) is 0 Å². The molecule has 5 nitrogen and oxygen atoms in total. The highest BCUT2D eigenvalue weighted by Gasteiger charge is 2.20. The van der Waals surface area contributed by atoms with Crippen molar-refractivity contribution in [2.45, 2.75) is 13.5 Å². The van der Waals surface area contributed by atoms with Crippen LogP contribution in [0.15, 0.2) is 30.5 Å². The summed E-state index contributed by atoms with van der Waals surface area (Å²) in [7, 11) is 0. The molecule has 114 valence electrons. The second-order valence-corrected chi connectivity index (χ2v) is 6.93.